The molecule has 0 radical (unpaired) electrons. The Morgan fingerprint density at radius 3 is 2.60 bits per heavy atom. The van der Waals surface area contributed by atoms with Gasteiger partial charge in [0.25, 0.3) is 5.91 Å². The number of hydrogen-bond acceptors (Lipinski definition) is 3. The van der Waals surface area contributed by atoms with Crippen molar-refractivity contribution in [3.8, 4) is 0 Å². The van der Waals surface area contributed by atoms with Gasteiger partial charge < -0.3 is 0 Å². The van der Waals surface area contributed by atoms with Crippen LogP contribution in [0.2, 0.25) is 15.1 Å². The highest BCUT2D eigenvalue weighted by Crippen LogP contribution is 2.35. The van der Waals surface area contributed by atoms with E-state index in [-0.39, 0.29) is 5.91 Å². The number of hydrogen-bond donors (Lipinski definition) is 1. The van der Waals surface area contributed by atoms with E-state index in [0.717, 1.165) is 15.6 Å². The van der Waals surface area contributed by atoms with E-state index in [2.05, 4.69) is 10.5 Å². The maximum absolute atomic E-state index is 12.5. The maximum atomic E-state index is 12.5. The van der Waals surface area contributed by atoms with Gasteiger partial charge in [0.15, 0.2) is 0 Å². The molecule has 1 aromatic heterocycles. The van der Waals surface area contributed by atoms with Gasteiger partial charge in [-0.2, -0.15) is 5.10 Å². The number of thiophene rings is 1. The number of halogens is 3. The molecule has 0 aliphatic heterocycles. The van der Waals surface area contributed by atoms with Crippen molar-refractivity contribution in [1.29, 1.82) is 0 Å². The van der Waals surface area contributed by atoms with Gasteiger partial charge in [-0.05, 0) is 24.6 Å². The van der Waals surface area contributed by atoms with Gasteiger partial charge in [0.1, 0.15) is 4.88 Å². The van der Waals surface area contributed by atoms with Crippen LogP contribution in [0.3, 0.4) is 0 Å². The lowest BCUT2D eigenvalue weighted by molar-refractivity contribution is 0.0959. The van der Waals surface area contributed by atoms with Crippen molar-refractivity contribution in [3.63, 3.8) is 0 Å². The Bertz CT molecular complexity index is 982. The summed E-state index contributed by atoms with van der Waals surface area (Å²) in [6.45, 7) is 1.93. The number of benzene rings is 2. The second-order valence-electron chi connectivity index (χ2n) is 5.22. The van der Waals surface area contributed by atoms with E-state index in [1.807, 2.05) is 31.2 Å². The lowest BCUT2D eigenvalue weighted by atomic mass is 10.1. The van der Waals surface area contributed by atoms with Crippen LogP contribution in [0.15, 0.2) is 47.6 Å². The van der Waals surface area contributed by atoms with Crippen LogP contribution in [0, 0.1) is 0 Å². The first kappa shape index (κ1) is 18.2. The normalized spacial score (nSPS) is 11.8. The molecule has 25 heavy (non-hydrogen) atoms. The second kappa shape index (κ2) is 7.75. The zero-order chi connectivity index (χ0) is 18.0. The molecule has 0 spiro atoms. The van der Waals surface area contributed by atoms with Crippen molar-refractivity contribution >= 4 is 67.8 Å². The molecule has 0 fully saturated rings. The molecule has 3 aromatic rings. The van der Waals surface area contributed by atoms with Gasteiger partial charge in [0, 0.05) is 20.7 Å². The molecule has 7 heteroatoms. The van der Waals surface area contributed by atoms with E-state index in [0.29, 0.717) is 32.1 Å². The standard InChI is InChI=1S/C18H13Cl3N2OS/c1-2-14(11-8-7-10(19)9-13(11)20)22-23-18(24)17-16(21)12-5-3-4-6-15(12)25-17/h3-9H,2H2,1H3,(H,23,24). The molecule has 0 aliphatic rings. The molecular formula is C18H13Cl3N2OS. The molecule has 0 aliphatic carbocycles. The van der Waals surface area contributed by atoms with Crippen molar-refractivity contribution in [1.82, 2.24) is 5.43 Å². The number of fused-ring (bicyclic) bond motifs is 1. The molecule has 1 amide bonds. The molecule has 0 atom stereocenters. The monoisotopic (exact) mass is 410 g/mol. The van der Waals surface area contributed by atoms with Crippen LogP contribution in [-0.2, 0) is 0 Å². The summed E-state index contributed by atoms with van der Waals surface area (Å²) in [6, 6.07) is 12.8. The third-order valence-electron chi connectivity index (χ3n) is 3.61. The molecule has 0 bridgehead atoms. The number of nitrogens with one attached hydrogen (secondary N) is 1. The molecule has 0 unspecified atom stereocenters. The van der Waals surface area contributed by atoms with Crippen molar-refractivity contribution in [2.45, 2.75) is 13.3 Å². The predicted molar refractivity (Wildman–Crippen MR) is 108 cm³/mol. The Morgan fingerprint density at radius 2 is 1.92 bits per heavy atom. The number of carbonyl (C=O) groups is 1. The molecular weight excluding hydrogens is 399 g/mol. The van der Waals surface area contributed by atoms with Gasteiger partial charge in [-0.15, -0.1) is 11.3 Å². The van der Waals surface area contributed by atoms with Gasteiger partial charge >= 0.3 is 0 Å². The average molecular weight is 412 g/mol. The summed E-state index contributed by atoms with van der Waals surface area (Å²) >= 11 is 19.8. The molecule has 128 valence electrons. The SMILES string of the molecule is CCC(=NNC(=O)c1sc2ccccc2c1Cl)c1ccc(Cl)cc1Cl. The smallest absolute Gasteiger partial charge is 0.266 e. The maximum Gasteiger partial charge on any atom is 0.283 e. The molecule has 1 N–H and O–H groups in total. The first-order valence-corrected chi connectivity index (χ1v) is 9.45. The van der Waals surface area contributed by atoms with Gasteiger partial charge in [-0.3, -0.25) is 4.79 Å². The van der Waals surface area contributed by atoms with Crippen LogP contribution in [0.4, 0.5) is 0 Å². The van der Waals surface area contributed by atoms with E-state index >= 15 is 0 Å². The fraction of sp³-hybridized carbons (Fsp3) is 0.111. The Morgan fingerprint density at radius 1 is 1.16 bits per heavy atom. The van der Waals surface area contributed by atoms with E-state index < -0.39 is 0 Å². The summed E-state index contributed by atoms with van der Waals surface area (Å²) in [6.07, 6.45) is 0.599. The summed E-state index contributed by atoms with van der Waals surface area (Å²) < 4.78 is 0.957. The molecule has 2 aromatic carbocycles. The Kier molecular flexibility index (Phi) is 5.64. The number of rotatable bonds is 4. The van der Waals surface area contributed by atoms with Gasteiger partial charge in [-0.1, -0.05) is 66.0 Å². The van der Waals surface area contributed by atoms with Gasteiger partial charge in [0.05, 0.1) is 15.8 Å². The lowest BCUT2D eigenvalue weighted by Crippen LogP contribution is -2.19. The molecule has 0 saturated heterocycles. The third-order valence-corrected chi connectivity index (χ3v) is 5.83. The van der Waals surface area contributed by atoms with Crippen LogP contribution in [0.25, 0.3) is 10.1 Å². The fourth-order valence-corrected chi connectivity index (χ4v) is 4.31. The first-order valence-electron chi connectivity index (χ1n) is 7.50. The van der Waals surface area contributed by atoms with Gasteiger partial charge in [-0.25, -0.2) is 5.43 Å². The number of carbonyl (C=O) groups excluding carboxylic acids is 1. The highest BCUT2D eigenvalue weighted by Gasteiger charge is 2.17. The minimum absolute atomic E-state index is 0.345. The highest BCUT2D eigenvalue weighted by molar-refractivity contribution is 7.21. The van der Waals surface area contributed by atoms with Crippen molar-refractivity contribution in [2.75, 3.05) is 0 Å². The van der Waals surface area contributed by atoms with E-state index in [1.54, 1.807) is 18.2 Å². The zero-order valence-corrected chi connectivity index (χ0v) is 16.2. The van der Waals surface area contributed by atoms with Crippen molar-refractivity contribution in [2.24, 2.45) is 5.10 Å². The van der Waals surface area contributed by atoms with E-state index in [9.17, 15) is 4.79 Å². The lowest BCUT2D eigenvalue weighted by Gasteiger charge is -2.07. The average Bonchev–Trinajstić information content (AvgIpc) is 2.94. The Balaban J connectivity index is 1.88. The summed E-state index contributed by atoms with van der Waals surface area (Å²) in [5.74, 6) is -0.345. The highest BCUT2D eigenvalue weighted by atomic mass is 35.5. The summed E-state index contributed by atoms with van der Waals surface area (Å²) in [5.41, 5.74) is 3.97. The Hall–Kier alpha value is -1.59. The first-order chi connectivity index (χ1) is 12.0. The van der Waals surface area contributed by atoms with Crippen molar-refractivity contribution < 1.29 is 4.79 Å². The molecule has 0 saturated carbocycles. The van der Waals surface area contributed by atoms with Crippen LogP contribution < -0.4 is 5.43 Å². The predicted octanol–water partition coefficient (Wildman–Crippen LogP) is 6.41. The zero-order valence-electron chi connectivity index (χ0n) is 13.1. The number of hydrazone groups is 1. The summed E-state index contributed by atoms with van der Waals surface area (Å²) in [4.78, 5) is 12.9. The topological polar surface area (TPSA) is 41.5 Å². The van der Waals surface area contributed by atoms with E-state index in [1.165, 1.54) is 11.3 Å². The second-order valence-corrected chi connectivity index (χ2v) is 7.49. The quantitative estimate of drug-likeness (QED) is 0.391. The number of amides is 1. The van der Waals surface area contributed by atoms with Crippen LogP contribution in [-0.4, -0.2) is 11.6 Å². The Labute approximate surface area is 164 Å². The van der Waals surface area contributed by atoms with Crippen LogP contribution >= 0.6 is 46.1 Å². The van der Waals surface area contributed by atoms with Gasteiger partial charge in [0.2, 0.25) is 0 Å². The molecule has 1 heterocycles. The van der Waals surface area contributed by atoms with Crippen molar-refractivity contribution in [3.05, 3.63) is 68.0 Å². The molecule has 3 rings (SSSR count). The molecule has 3 nitrogen and oxygen atoms in total. The largest absolute Gasteiger partial charge is 0.283 e. The summed E-state index contributed by atoms with van der Waals surface area (Å²) in [5, 5.41) is 6.56. The minimum Gasteiger partial charge on any atom is -0.266 e. The summed E-state index contributed by atoms with van der Waals surface area (Å²) in [7, 11) is 0. The van der Waals surface area contributed by atoms with Crippen LogP contribution in [0.5, 0.6) is 0 Å². The van der Waals surface area contributed by atoms with E-state index in [4.69, 9.17) is 34.8 Å². The third kappa shape index (κ3) is 3.82. The fourth-order valence-electron chi connectivity index (χ4n) is 2.38. The van der Waals surface area contributed by atoms with Crippen LogP contribution in [0.1, 0.15) is 28.6 Å². The minimum atomic E-state index is -0.345. The number of nitrogens with zero attached hydrogens (tertiary/aromatic N) is 1.